The molecule has 0 unspecified atom stereocenters. The van der Waals surface area contributed by atoms with Gasteiger partial charge in [0.2, 0.25) is 0 Å². The monoisotopic (exact) mass is 162 g/mol. The molecule has 0 spiro atoms. The van der Waals surface area contributed by atoms with Crippen molar-refractivity contribution in [2.24, 2.45) is 0 Å². The van der Waals surface area contributed by atoms with Gasteiger partial charge in [0.1, 0.15) is 5.60 Å². The Morgan fingerprint density at radius 3 is 2.36 bits per heavy atom. The lowest BCUT2D eigenvalue weighted by Crippen LogP contribution is -2.42. The summed E-state index contributed by atoms with van der Waals surface area (Å²) in [6, 6.07) is 0. The molecule has 3 N–H and O–H groups in total. The van der Waals surface area contributed by atoms with E-state index in [-0.39, 0.29) is 0 Å². The maximum absolute atomic E-state index is 9.32. The molecule has 0 bridgehead atoms. The van der Waals surface area contributed by atoms with Gasteiger partial charge in [0.15, 0.2) is 0 Å². The molecule has 11 heavy (non-hydrogen) atoms. The van der Waals surface area contributed by atoms with Crippen molar-refractivity contribution in [2.75, 3.05) is 6.61 Å². The van der Waals surface area contributed by atoms with E-state index in [9.17, 15) is 10.2 Å². The second-order valence-electron chi connectivity index (χ2n) is 3.17. The summed E-state index contributed by atoms with van der Waals surface area (Å²) in [4.78, 5) is 0. The molecule has 0 saturated heterocycles. The molecule has 0 fully saturated rings. The van der Waals surface area contributed by atoms with Crippen LogP contribution < -0.4 is 0 Å². The van der Waals surface area contributed by atoms with Gasteiger partial charge < -0.3 is 15.3 Å². The number of rotatable bonds is 5. The van der Waals surface area contributed by atoms with E-state index in [0.29, 0.717) is 6.42 Å². The van der Waals surface area contributed by atoms with E-state index in [1.165, 1.54) is 6.92 Å². The first-order valence-electron chi connectivity index (χ1n) is 4.06. The van der Waals surface area contributed by atoms with E-state index in [1.54, 1.807) is 0 Å². The zero-order valence-electron chi connectivity index (χ0n) is 7.25. The Labute approximate surface area is 67.7 Å². The summed E-state index contributed by atoms with van der Waals surface area (Å²) < 4.78 is 0. The van der Waals surface area contributed by atoms with Gasteiger partial charge in [0.05, 0.1) is 12.7 Å². The normalized spacial score (nSPS) is 19.4. The fourth-order valence-corrected chi connectivity index (χ4v) is 0.814. The first-order valence-corrected chi connectivity index (χ1v) is 4.06. The molecule has 3 heteroatoms. The maximum Gasteiger partial charge on any atom is 0.111 e. The fourth-order valence-electron chi connectivity index (χ4n) is 0.814. The van der Waals surface area contributed by atoms with E-state index in [2.05, 4.69) is 0 Å². The van der Waals surface area contributed by atoms with E-state index < -0.39 is 18.3 Å². The van der Waals surface area contributed by atoms with Crippen LogP contribution in [0.25, 0.3) is 0 Å². The van der Waals surface area contributed by atoms with Gasteiger partial charge in [-0.3, -0.25) is 0 Å². The van der Waals surface area contributed by atoms with Crippen LogP contribution in [-0.4, -0.2) is 33.6 Å². The zero-order chi connectivity index (χ0) is 8.91. The second-order valence-corrected chi connectivity index (χ2v) is 3.17. The molecule has 2 atom stereocenters. The predicted octanol–water partition coefficient (Wildman–Crippen LogP) is 0.281. The number of unbranched alkanes of at least 4 members (excludes halogenated alkanes) is 1. The van der Waals surface area contributed by atoms with Crippen LogP contribution in [0.15, 0.2) is 0 Å². The highest BCUT2D eigenvalue weighted by atomic mass is 16.4. The topological polar surface area (TPSA) is 60.7 Å². The molecule has 0 amide bonds. The smallest absolute Gasteiger partial charge is 0.111 e. The number of hydrogen-bond donors (Lipinski definition) is 3. The molecular formula is C8H18O3. The maximum atomic E-state index is 9.32. The first-order chi connectivity index (χ1) is 5.04. The molecule has 0 aliphatic carbocycles. The summed E-state index contributed by atoms with van der Waals surface area (Å²) in [6.07, 6.45) is 1.59. The van der Waals surface area contributed by atoms with Crippen LogP contribution in [-0.2, 0) is 0 Å². The minimum absolute atomic E-state index is 0.391. The highest BCUT2D eigenvalue weighted by Gasteiger charge is 2.28. The number of aliphatic hydroxyl groups is 3. The van der Waals surface area contributed by atoms with Crippen LogP contribution in [0, 0.1) is 0 Å². The van der Waals surface area contributed by atoms with Crippen LogP contribution in [0.3, 0.4) is 0 Å². The van der Waals surface area contributed by atoms with Crippen LogP contribution in [0.2, 0.25) is 0 Å². The average molecular weight is 162 g/mol. The summed E-state index contributed by atoms with van der Waals surface area (Å²) >= 11 is 0. The van der Waals surface area contributed by atoms with Crippen molar-refractivity contribution in [1.29, 1.82) is 0 Å². The Kier molecular flexibility index (Phi) is 4.65. The molecular weight excluding hydrogens is 144 g/mol. The van der Waals surface area contributed by atoms with Crippen molar-refractivity contribution in [3.05, 3.63) is 0 Å². The van der Waals surface area contributed by atoms with Crippen molar-refractivity contribution >= 4 is 0 Å². The molecule has 68 valence electrons. The molecule has 0 radical (unpaired) electrons. The van der Waals surface area contributed by atoms with Crippen LogP contribution in [0.4, 0.5) is 0 Å². The van der Waals surface area contributed by atoms with Gasteiger partial charge in [-0.15, -0.1) is 0 Å². The number of hydrogen-bond acceptors (Lipinski definition) is 3. The van der Waals surface area contributed by atoms with Crippen molar-refractivity contribution < 1.29 is 15.3 Å². The molecule has 0 aromatic heterocycles. The summed E-state index contributed by atoms with van der Waals surface area (Å²) in [6.45, 7) is 3.06. The van der Waals surface area contributed by atoms with Crippen molar-refractivity contribution in [1.82, 2.24) is 0 Å². The Morgan fingerprint density at radius 1 is 1.45 bits per heavy atom. The van der Waals surface area contributed by atoms with Gasteiger partial charge in [-0.2, -0.15) is 0 Å². The summed E-state index contributed by atoms with van der Waals surface area (Å²) in [5.74, 6) is 0. The summed E-state index contributed by atoms with van der Waals surface area (Å²) in [5, 5.41) is 27.3. The van der Waals surface area contributed by atoms with Crippen molar-refractivity contribution in [3.8, 4) is 0 Å². The van der Waals surface area contributed by atoms with Gasteiger partial charge in [-0.1, -0.05) is 19.8 Å². The Morgan fingerprint density at radius 2 is 2.00 bits per heavy atom. The molecule has 0 aliphatic heterocycles. The lowest BCUT2D eigenvalue weighted by Gasteiger charge is -2.26. The Balaban J connectivity index is 3.71. The van der Waals surface area contributed by atoms with Crippen LogP contribution in [0.5, 0.6) is 0 Å². The molecule has 0 rings (SSSR count). The van der Waals surface area contributed by atoms with Crippen molar-refractivity contribution in [2.45, 2.75) is 44.8 Å². The number of aliphatic hydroxyl groups excluding tert-OH is 2. The fraction of sp³-hybridized carbons (Fsp3) is 1.00. The third kappa shape index (κ3) is 3.70. The van der Waals surface area contributed by atoms with Gasteiger partial charge in [-0.25, -0.2) is 0 Å². The zero-order valence-corrected chi connectivity index (χ0v) is 7.25. The lowest BCUT2D eigenvalue weighted by molar-refractivity contribution is -0.0950. The lowest BCUT2D eigenvalue weighted by atomic mass is 9.96. The van der Waals surface area contributed by atoms with E-state index >= 15 is 0 Å². The average Bonchev–Trinajstić information content (AvgIpc) is 2.00. The second kappa shape index (κ2) is 4.70. The summed E-state index contributed by atoms with van der Waals surface area (Å²) in [5.41, 5.74) is -1.34. The van der Waals surface area contributed by atoms with E-state index in [0.717, 1.165) is 12.8 Å². The van der Waals surface area contributed by atoms with Crippen LogP contribution >= 0.6 is 0 Å². The standard InChI is InChI=1S/C8H18O3/c1-3-4-5-7(10)8(2,11)6-9/h7,9-11H,3-6H2,1-2H3/t7-,8+/m1/s1. The Hall–Kier alpha value is -0.120. The van der Waals surface area contributed by atoms with Gasteiger partial charge in [0, 0.05) is 0 Å². The highest BCUT2D eigenvalue weighted by molar-refractivity contribution is 4.80. The van der Waals surface area contributed by atoms with Crippen molar-refractivity contribution in [3.63, 3.8) is 0 Å². The van der Waals surface area contributed by atoms with Gasteiger partial charge >= 0.3 is 0 Å². The Bertz CT molecular complexity index is 102. The third-order valence-electron chi connectivity index (χ3n) is 1.87. The largest absolute Gasteiger partial charge is 0.393 e. The molecule has 3 nitrogen and oxygen atoms in total. The molecule has 0 aromatic carbocycles. The minimum Gasteiger partial charge on any atom is -0.393 e. The minimum atomic E-state index is -1.34. The molecule has 0 saturated carbocycles. The predicted molar refractivity (Wildman–Crippen MR) is 43.2 cm³/mol. The molecule has 0 heterocycles. The molecule has 0 aliphatic rings. The third-order valence-corrected chi connectivity index (χ3v) is 1.87. The SMILES string of the molecule is CCCC[C@@H](O)[C@@](C)(O)CO. The van der Waals surface area contributed by atoms with Gasteiger partial charge in [-0.05, 0) is 13.3 Å². The van der Waals surface area contributed by atoms with Crippen LogP contribution in [0.1, 0.15) is 33.1 Å². The quantitative estimate of drug-likeness (QED) is 0.544. The summed E-state index contributed by atoms with van der Waals surface area (Å²) in [7, 11) is 0. The highest BCUT2D eigenvalue weighted by Crippen LogP contribution is 2.14. The first kappa shape index (κ1) is 10.9. The molecule has 0 aromatic rings. The van der Waals surface area contributed by atoms with E-state index in [4.69, 9.17) is 5.11 Å². The van der Waals surface area contributed by atoms with Gasteiger partial charge in [0.25, 0.3) is 0 Å². The van der Waals surface area contributed by atoms with E-state index in [1.807, 2.05) is 6.92 Å².